The zero-order chi connectivity index (χ0) is 13.0. The molecule has 1 unspecified atom stereocenters. The largest absolute Gasteiger partial charge is 0.324 e. The molecule has 1 aromatic rings. The van der Waals surface area contributed by atoms with E-state index < -0.39 is 10.8 Å². The minimum atomic E-state index is -0.609. The van der Waals surface area contributed by atoms with E-state index in [0.29, 0.717) is 0 Å². The lowest BCUT2D eigenvalue weighted by Gasteiger charge is -2.27. The maximum absolute atomic E-state index is 11.3. The van der Waals surface area contributed by atoms with Crippen LogP contribution in [0.2, 0.25) is 5.02 Å². The molecule has 1 heterocycles. The van der Waals surface area contributed by atoms with E-state index in [0.717, 1.165) is 48.1 Å². The van der Waals surface area contributed by atoms with Gasteiger partial charge >= 0.3 is 0 Å². The Morgan fingerprint density at radius 1 is 1.33 bits per heavy atom. The predicted molar refractivity (Wildman–Crippen MR) is 77.3 cm³/mol. The van der Waals surface area contributed by atoms with E-state index in [4.69, 9.17) is 17.3 Å². The highest BCUT2D eigenvalue weighted by Gasteiger charge is 2.16. The number of hydrogen-bond donors (Lipinski definition) is 1. The maximum Gasteiger partial charge on any atom is 0.0453 e. The standard InChI is InChI=1S/C13H19ClN2OS/c14-12-4-2-1-3-11(12)13(15)5-6-16-7-9-18(17)10-8-16/h1-4,13H,5-10,15H2. The van der Waals surface area contributed by atoms with Crippen molar-refractivity contribution in [3.8, 4) is 0 Å². The number of halogens is 1. The molecule has 5 heteroatoms. The van der Waals surface area contributed by atoms with Crippen LogP contribution in [0.25, 0.3) is 0 Å². The first-order chi connectivity index (χ1) is 8.66. The minimum absolute atomic E-state index is 0.0221. The van der Waals surface area contributed by atoms with Gasteiger partial charge in [-0.1, -0.05) is 29.8 Å². The lowest BCUT2D eigenvalue weighted by Crippen LogP contribution is -2.39. The molecule has 3 nitrogen and oxygen atoms in total. The lowest BCUT2D eigenvalue weighted by molar-refractivity contribution is 0.287. The number of nitrogens with two attached hydrogens (primary N) is 1. The van der Waals surface area contributed by atoms with Crippen LogP contribution in [0.1, 0.15) is 18.0 Å². The van der Waals surface area contributed by atoms with Crippen LogP contribution in [0.15, 0.2) is 24.3 Å². The maximum atomic E-state index is 11.3. The van der Waals surface area contributed by atoms with E-state index in [2.05, 4.69) is 4.90 Å². The molecule has 100 valence electrons. The summed E-state index contributed by atoms with van der Waals surface area (Å²) in [6.45, 7) is 2.79. The second-order valence-corrected chi connectivity index (χ2v) is 6.71. The molecule has 1 atom stereocenters. The van der Waals surface area contributed by atoms with Crippen LogP contribution in [0.5, 0.6) is 0 Å². The van der Waals surface area contributed by atoms with Crippen molar-refractivity contribution in [2.75, 3.05) is 31.1 Å². The van der Waals surface area contributed by atoms with Crippen LogP contribution in [-0.2, 0) is 10.8 Å². The van der Waals surface area contributed by atoms with Crippen molar-refractivity contribution in [2.24, 2.45) is 5.73 Å². The van der Waals surface area contributed by atoms with Gasteiger partial charge in [0.2, 0.25) is 0 Å². The predicted octanol–water partition coefficient (Wildman–Crippen LogP) is 1.79. The van der Waals surface area contributed by atoms with Crippen molar-refractivity contribution >= 4 is 22.4 Å². The van der Waals surface area contributed by atoms with E-state index in [1.165, 1.54) is 0 Å². The average Bonchev–Trinajstić information content (AvgIpc) is 2.38. The van der Waals surface area contributed by atoms with Crippen molar-refractivity contribution in [3.05, 3.63) is 34.9 Å². The molecule has 1 saturated heterocycles. The summed E-state index contributed by atoms with van der Waals surface area (Å²) in [7, 11) is -0.609. The molecule has 1 fully saturated rings. The first kappa shape index (κ1) is 14.0. The van der Waals surface area contributed by atoms with E-state index in [1.807, 2.05) is 24.3 Å². The summed E-state index contributed by atoms with van der Waals surface area (Å²) >= 11 is 6.13. The van der Waals surface area contributed by atoms with Gasteiger partial charge in [0.25, 0.3) is 0 Å². The Balaban J connectivity index is 1.83. The van der Waals surface area contributed by atoms with Crippen LogP contribution in [-0.4, -0.2) is 40.2 Å². The molecule has 0 aliphatic carbocycles. The van der Waals surface area contributed by atoms with Gasteiger partial charge in [-0.15, -0.1) is 0 Å². The van der Waals surface area contributed by atoms with Gasteiger partial charge in [-0.2, -0.15) is 0 Å². The van der Waals surface area contributed by atoms with Gasteiger partial charge in [0.1, 0.15) is 0 Å². The van der Waals surface area contributed by atoms with Gasteiger partial charge in [0.05, 0.1) is 0 Å². The van der Waals surface area contributed by atoms with E-state index in [9.17, 15) is 4.21 Å². The molecule has 1 aliphatic rings. The number of nitrogens with zero attached hydrogens (tertiary/aromatic N) is 1. The highest BCUT2D eigenvalue weighted by Crippen LogP contribution is 2.23. The Labute approximate surface area is 116 Å². The Bertz CT molecular complexity index is 417. The fourth-order valence-electron chi connectivity index (χ4n) is 2.15. The monoisotopic (exact) mass is 286 g/mol. The van der Waals surface area contributed by atoms with Gasteiger partial charge < -0.3 is 10.6 Å². The quantitative estimate of drug-likeness (QED) is 0.918. The zero-order valence-electron chi connectivity index (χ0n) is 10.3. The first-order valence-electron chi connectivity index (χ1n) is 6.24. The van der Waals surface area contributed by atoms with E-state index >= 15 is 0 Å². The fraction of sp³-hybridized carbons (Fsp3) is 0.538. The van der Waals surface area contributed by atoms with Crippen LogP contribution in [0.4, 0.5) is 0 Å². The zero-order valence-corrected chi connectivity index (χ0v) is 11.9. The van der Waals surface area contributed by atoms with Crippen molar-refractivity contribution in [1.82, 2.24) is 4.90 Å². The van der Waals surface area contributed by atoms with Crippen LogP contribution in [0.3, 0.4) is 0 Å². The van der Waals surface area contributed by atoms with Crippen molar-refractivity contribution in [1.29, 1.82) is 0 Å². The number of rotatable bonds is 4. The van der Waals surface area contributed by atoms with Gasteiger partial charge in [-0.25, -0.2) is 0 Å². The average molecular weight is 287 g/mol. The van der Waals surface area contributed by atoms with Gasteiger partial charge in [-0.05, 0) is 18.1 Å². The third-order valence-electron chi connectivity index (χ3n) is 3.33. The smallest absolute Gasteiger partial charge is 0.0453 e. The summed E-state index contributed by atoms with van der Waals surface area (Å²) in [6, 6.07) is 7.72. The third-order valence-corrected chi connectivity index (χ3v) is 4.95. The van der Waals surface area contributed by atoms with E-state index in [1.54, 1.807) is 0 Å². The van der Waals surface area contributed by atoms with Crippen molar-refractivity contribution in [3.63, 3.8) is 0 Å². The number of benzene rings is 1. The highest BCUT2D eigenvalue weighted by molar-refractivity contribution is 7.85. The molecule has 0 radical (unpaired) electrons. The highest BCUT2D eigenvalue weighted by atomic mass is 35.5. The summed E-state index contributed by atoms with van der Waals surface area (Å²) in [5, 5.41) is 0.741. The Hall–Kier alpha value is -0.420. The molecule has 0 bridgehead atoms. The molecular formula is C13H19ClN2OS. The summed E-state index contributed by atoms with van der Waals surface area (Å²) in [4.78, 5) is 2.33. The Kier molecular flexibility index (Phi) is 5.18. The lowest BCUT2D eigenvalue weighted by atomic mass is 10.0. The summed E-state index contributed by atoms with van der Waals surface area (Å²) in [6.07, 6.45) is 0.885. The van der Waals surface area contributed by atoms with Gasteiger partial charge in [-0.3, -0.25) is 4.21 Å². The van der Waals surface area contributed by atoms with Crippen molar-refractivity contribution in [2.45, 2.75) is 12.5 Å². The number of hydrogen-bond acceptors (Lipinski definition) is 3. The first-order valence-corrected chi connectivity index (χ1v) is 8.11. The molecule has 0 amide bonds. The topological polar surface area (TPSA) is 46.3 Å². The van der Waals surface area contributed by atoms with Crippen molar-refractivity contribution < 1.29 is 4.21 Å². The molecule has 0 aromatic heterocycles. The SMILES string of the molecule is NC(CCN1CCS(=O)CC1)c1ccccc1Cl. The van der Waals surface area contributed by atoms with Crippen LogP contribution in [0, 0.1) is 0 Å². The summed E-state index contributed by atoms with van der Waals surface area (Å²) < 4.78 is 11.3. The third kappa shape index (κ3) is 3.79. The van der Waals surface area contributed by atoms with Crippen LogP contribution >= 0.6 is 11.6 Å². The molecular weight excluding hydrogens is 268 g/mol. The van der Waals surface area contributed by atoms with Gasteiger partial charge in [0.15, 0.2) is 0 Å². The van der Waals surface area contributed by atoms with Crippen LogP contribution < -0.4 is 5.73 Å². The molecule has 18 heavy (non-hydrogen) atoms. The molecule has 1 aromatic carbocycles. The Morgan fingerprint density at radius 3 is 2.67 bits per heavy atom. The molecule has 2 N–H and O–H groups in total. The summed E-state index contributed by atoms with van der Waals surface area (Å²) in [5.74, 6) is 1.59. The fourth-order valence-corrected chi connectivity index (χ4v) is 3.56. The molecule has 1 aliphatic heterocycles. The van der Waals surface area contributed by atoms with Gasteiger partial charge in [0, 0.05) is 53.0 Å². The second-order valence-electron chi connectivity index (χ2n) is 4.61. The second kappa shape index (κ2) is 6.66. The molecule has 0 saturated carbocycles. The summed E-state index contributed by atoms with van der Waals surface area (Å²) in [5.41, 5.74) is 7.18. The Morgan fingerprint density at radius 2 is 2.00 bits per heavy atom. The normalized spacial score (nSPS) is 19.9. The van der Waals surface area contributed by atoms with E-state index in [-0.39, 0.29) is 6.04 Å². The minimum Gasteiger partial charge on any atom is -0.324 e. The molecule has 0 spiro atoms. The molecule has 2 rings (SSSR count).